The summed E-state index contributed by atoms with van der Waals surface area (Å²) in [7, 11) is 1.56. The molecule has 1 unspecified atom stereocenters. The van der Waals surface area contributed by atoms with Gasteiger partial charge in [-0.15, -0.1) is 0 Å². The zero-order valence-corrected chi connectivity index (χ0v) is 21.1. The Hall–Kier alpha value is -3.59. The molecule has 0 aliphatic heterocycles. The highest BCUT2D eigenvalue weighted by molar-refractivity contribution is 9.10. The Labute approximate surface area is 207 Å². The fraction of sp³-hybridized carbons (Fsp3) is 0.240. The first-order chi connectivity index (χ1) is 16.3. The summed E-state index contributed by atoms with van der Waals surface area (Å²) < 4.78 is 8.26. The molecule has 0 bridgehead atoms. The number of hydrogen-bond donors (Lipinski definition) is 3. The van der Waals surface area contributed by atoms with Crippen molar-refractivity contribution in [2.75, 3.05) is 17.7 Å². The third-order valence-corrected chi connectivity index (χ3v) is 5.46. The van der Waals surface area contributed by atoms with E-state index in [4.69, 9.17) is 4.74 Å². The first-order valence-corrected chi connectivity index (χ1v) is 11.6. The lowest BCUT2D eigenvalue weighted by Gasteiger charge is -2.13. The number of fused-ring (bicyclic) bond motifs is 1. The van der Waals surface area contributed by atoms with Crippen molar-refractivity contribution >= 4 is 56.4 Å². The zero-order chi connectivity index (χ0) is 24.7. The Morgan fingerprint density at radius 3 is 2.65 bits per heavy atom. The number of ether oxygens (including phenoxy) is 1. The van der Waals surface area contributed by atoms with Crippen molar-refractivity contribution in [3.8, 4) is 5.75 Å². The van der Waals surface area contributed by atoms with Crippen LogP contribution in [0, 0.1) is 5.92 Å². The van der Waals surface area contributed by atoms with Crippen LogP contribution >= 0.6 is 15.9 Å². The molecule has 0 saturated heterocycles. The van der Waals surface area contributed by atoms with E-state index in [0.717, 1.165) is 15.4 Å². The van der Waals surface area contributed by atoms with Gasteiger partial charge in [0.05, 0.1) is 24.0 Å². The van der Waals surface area contributed by atoms with Gasteiger partial charge >= 0.3 is 6.03 Å². The average molecular weight is 526 g/mol. The normalized spacial score (nSPS) is 12.6. The molecule has 1 aromatic heterocycles. The molecule has 178 valence electrons. The molecule has 3 rings (SSSR count). The third kappa shape index (κ3) is 6.48. The number of anilines is 2. The number of carbonyl (C=O) groups is 2. The summed E-state index contributed by atoms with van der Waals surface area (Å²) in [5.41, 5.74) is 2.24. The van der Waals surface area contributed by atoms with Crippen molar-refractivity contribution in [2.24, 2.45) is 10.9 Å². The Balaban J connectivity index is 1.77. The summed E-state index contributed by atoms with van der Waals surface area (Å²) in [6.07, 6.45) is 5.55. The number of aliphatic imine (C=N–C) groups is 1. The predicted octanol–water partition coefficient (Wildman–Crippen LogP) is 5.76. The zero-order valence-electron chi connectivity index (χ0n) is 19.6. The second-order valence-electron chi connectivity index (χ2n) is 7.73. The monoisotopic (exact) mass is 525 g/mol. The summed E-state index contributed by atoms with van der Waals surface area (Å²) in [5, 5.41) is 9.42. The predicted molar refractivity (Wildman–Crippen MR) is 141 cm³/mol. The molecule has 0 spiro atoms. The van der Waals surface area contributed by atoms with Crippen molar-refractivity contribution in [3.63, 3.8) is 0 Å². The van der Waals surface area contributed by atoms with Crippen LogP contribution in [-0.4, -0.2) is 29.8 Å². The van der Waals surface area contributed by atoms with Crippen LogP contribution in [0.25, 0.3) is 10.9 Å². The van der Waals surface area contributed by atoms with Gasteiger partial charge in [0.15, 0.2) is 0 Å². The Bertz CT molecular complexity index is 1250. The summed E-state index contributed by atoms with van der Waals surface area (Å²) in [4.78, 5) is 28.3. The van der Waals surface area contributed by atoms with Gasteiger partial charge in [0, 0.05) is 35.7 Å². The van der Waals surface area contributed by atoms with Gasteiger partial charge < -0.3 is 25.3 Å². The largest absolute Gasteiger partial charge is 0.495 e. The van der Waals surface area contributed by atoms with E-state index in [1.165, 1.54) is 6.92 Å². The van der Waals surface area contributed by atoms with Crippen molar-refractivity contribution in [3.05, 3.63) is 65.0 Å². The number of benzene rings is 2. The van der Waals surface area contributed by atoms with Crippen LogP contribution in [0.2, 0.25) is 0 Å². The SMILES string of the molecule is C/C=N\C(=C/C(C)Cn1ccc2c(NC(=O)Nc3cc(Br)ccc3OC)cccc21)NC(C)=O. The molecule has 0 saturated carbocycles. The molecular formula is C25H28BrN5O3. The maximum absolute atomic E-state index is 12.7. The van der Waals surface area contributed by atoms with Crippen molar-refractivity contribution < 1.29 is 14.3 Å². The van der Waals surface area contributed by atoms with Gasteiger partial charge in [-0.05, 0) is 55.3 Å². The maximum Gasteiger partial charge on any atom is 0.323 e. The van der Waals surface area contributed by atoms with Crippen LogP contribution in [0.15, 0.2) is 70.0 Å². The van der Waals surface area contributed by atoms with E-state index in [1.807, 2.05) is 42.6 Å². The Morgan fingerprint density at radius 2 is 1.94 bits per heavy atom. The number of urea groups is 1. The number of hydrogen-bond acceptors (Lipinski definition) is 4. The lowest BCUT2D eigenvalue weighted by Crippen LogP contribution is -2.20. The molecule has 1 heterocycles. The molecule has 0 aliphatic rings. The second kappa shape index (κ2) is 11.5. The minimum Gasteiger partial charge on any atom is -0.495 e. The minimum absolute atomic E-state index is 0.102. The van der Waals surface area contributed by atoms with Crippen LogP contribution in [0.3, 0.4) is 0 Å². The van der Waals surface area contributed by atoms with Gasteiger partial charge in [0.1, 0.15) is 11.6 Å². The number of allylic oxidation sites excluding steroid dienone is 1. The first-order valence-electron chi connectivity index (χ1n) is 10.8. The number of methoxy groups -OCH3 is 1. The van der Waals surface area contributed by atoms with Crippen molar-refractivity contribution in [1.82, 2.24) is 9.88 Å². The van der Waals surface area contributed by atoms with Crippen molar-refractivity contribution in [2.45, 2.75) is 27.3 Å². The van der Waals surface area contributed by atoms with Gasteiger partial charge in [-0.2, -0.15) is 0 Å². The molecule has 2 aromatic carbocycles. The van der Waals surface area contributed by atoms with E-state index in [0.29, 0.717) is 29.5 Å². The maximum atomic E-state index is 12.7. The summed E-state index contributed by atoms with van der Waals surface area (Å²) in [5.74, 6) is 1.03. The molecule has 3 aromatic rings. The van der Waals surface area contributed by atoms with E-state index in [2.05, 4.69) is 48.4 Å². The summed E-state index contributed by atoms with van der Waals surface area (Å²) >= 11 is 3.41. The molecule has 0 radical (unpaired) electrons. The molecule has 3 amide bonds. The summed E-state index contributed by atoms with van der Waals surface area (Å²) in [6.45, 7) is 5.99. The quantitative estimate of drug-likeness (QED) is 0.326. The smallest absolute Gasteiger partial charge is 0.323 e. The van der Waals surface area contributed by atoms with Crippen molar-refractivity contribution in [1.29, 1.82) is 0 Å². The fourth-order valence-corrected chi connectivity index (χ4v) is 3.98. The van der Waals surface area contributed by atoms with Crippen LogP contribution in [0.1, 0.15) is 20.8 Å². The molecule has 1 atom stereocenters. The number of nitrogens with zero attached hydrogens (tertiary/aromatic N) is 2. The highest BCUT2D eigenvalue weighted by Gasteiger charge is 2.12. The van der Waals surface area contributed by atoms with Crippen LogP contribution in [0.4, 0.5) is 16.2 Å². The Morgan fingerprint density at radius 1 is 1.18 bits per heavy atom. The third-order valence-electron chi connectivity index (χ3n) is 4.97. The molecule has 0 aliphatic carbocycles. The topological polar surface area (TPSA) is 96.8 Å². The van der Waals surface area contributed by atoms with Crippen LogP contribution in [-0.2, 0) is 11.3 Å². The highest BCUT2D eigenvalue weighted by atomic mass is 79.9. The molecule has 8 nitrogen and oxygen atoms in total. The van der Waals surface area contributed by atoms with E-state index in [-0.39, 0.29) is 17.9 Å². The number of carbonyl (C=O) groups excluding carboxylic acids is 2. The van der Waals surface area contributed by atoms with E-state index < -0.39 is 0 Å². The highest BCUT2D eigenvalue weighted by Crippen LogP contribution is 2.29. The van der Waals surface area contributed by atoms with E-state index in [9.17, 15) is 9.59 Å². The molecule has 3 N–H and O–H groups in total. The van der Waals surface area contributed by atoms with Gasteiger partial charge in [0.2, 0.25) is 5.91 Å². The number of aromatic nitrogens is 1. The lowest BCUT2D eigenvalue weighted by molar-refractivity contribution is -0.118. The lowest BCUT2D eigenvalue weighted by atomic mass is 10.1. The summed E-state index contributed by atoms with van der Waals surface area (Å²) in [6, 6.07) is 12.8. The first kappa shape index (κ1) is 25.0. The second-order valence-corrected chi connectivity index (χ2v) is 8.64. The van der Waals surface area contributed by atoms with E-state index in [1.54, 1.807) is 32.4 Å². The molecule has 9 heteroatoms. The molecular weight excluding hydrogens is 498 g/mol. The fourth-order valence-electron chi connectivity index (χ4n) is 3.61. The van der Waals surface area contributed by atoms with Gasteiger partial charge in [0.25, 0.3) is 0 Å². The molecule has 34 heavy (non-hydrogen) atoms. The number of halogens is 1. The molecule has 0 fully saturated rings. The Kier molecular flexibility index (Phi) is 8.48. The van der Waals surface area contributed by atoms with Gasteiger partial charge in [-0.1, -0.05) is 28.9 Å². The van der Waals surface area contributed by atoms with Crippen LogP contribution in [0.5, 0.6) is 5.75 Å². The number of amides is 3. The standard InChI is InChI=1S/C25H28BrN5O3/c1-5-27-24(28-17(3)32)13-16(2)15-31-12-11-19-20(7-6-8-22(19)31)29-25(33)30-21-14-18(26)9-10-23(21)34-4/h5-14,16H,15H2,1-4H3,(H,28,32)(H2,29,30,33)/b24-13+,27-5-. The van der Waals surface area contributed by atoms with Crippen LogP contribution < -0.4 is 20.7 Å². The minimum atomic E-state index is -0.370. The number of nitrogens with one attached hydrogen (secondary N) is 3. The van der Waals surface area contributed by atoms with Gasteiger partial charge in [-0.25, -0.2) is 9.79 Å². The van der Waals surface area contributed by atoms with Gasteiger partial charge in [-0.3, -0.25) is 4.79 Å². The van der Waals surface area contributed by atoms with E-state index >= 15 is 0 Å². The average Bonchev–Trinajstić information content (AvgIpc) is 3.17. The number of rotatable bonds is 8.